The number of hydrogen-bond donors (Lipinski definition) is 1. The Balaban J connectivity index is 2.34. The maximum absolute atomic E-state index is 8.68. The zero-order valence-corrected chi connectivity index (χ0v) is 8.79. The number of rotatable bonds is 4. The molecule has 1 aromatic heterocycles. The molecule has 74 valence electrons. The molecule has 0 aliphatic rings. The van der Waals surface area contributed by atoms with E-state index in [0.717, 1.165) is 10.8 Å². The van der Waals surface area contributed by atoms with Crippen LogP contribution in [-0.4, -0.2) is 21.3 Å². The van der Waals surface area contributed by atoms with Gasteiger partial charge in [0.05, 0.1) is 12.3 Å². The minimum atomic E-state index is -0.741. The lowest BCUT2D eigenvalue weighted by molar-refractivity contribution is 0.583. The van der Waals surface area contributed by atoms with Gasteiger partial charge in [-0.3, -0.25) is 4.98 Å². The highest BCUT2D eigenvalue weighted by molar-refractivity contribution is 7.99. The number of nitrogens with zero attached hydrogens (tertiary/aromatic N) is 3. The zero-order valence-electron chi connectivity index (χ0n) is 7.97. The molecule has 14 heavy (non-hydrogen) atoms. The number of nitrogens with two attached hydrogens (primary N) is 1. The number of nitriles is 1. The molecule has 1 atom stereocenters. The van der Waals surface area contributed by atoms with Crippen molar-refractivity contribution < 1.29 is 0 Å². The Hall–Kier alpha value is -1.12. The summed E-state index contributed by atoms with van der Waals surface area (Å²) >= 11 is 1.56. The van der Waals surface area contributed by atoms with Crippen LogP contribution in [0.25, 0.3) is 0 Å². The van der Waals surface area contributed by atoms with E-state index in [1.165, 1.54) is 0 Å². The van der Waals surface area contributed by atoms with E-state index in [1.807, 2.05) is 0 Å². The third-order valence-electron chi connectivity index (χ3n) is 1.67. The summed E-state index contributed by atoms with van der Waals surface area (Å²) in [4.78, 5) is 8.04. The van der Waals surface area contributed by atoms with E-state index in [9.17, 15) is 0 Å². The summed E-state index contributed by atoms with van der Waals surface area (Å²) < 4.78 is 0. The molecule has 4 nitrogen and oxygen atoms in total. The standard InChI is InChI=1S/C9H12N4S/c1-9(11,7-10)2-5-14-8-6-12-3-4-13-8/h3-4,6H,2,5,11H2,1H3. The van der Waals surface area contributed by atoms with E-state index in [1.54, 1.807) is 37.3 Å². The SMILES string of the molecule is CC(N)(C#N)CCSc1cnccn1. The average molecular weight is 208 g/mol. The van der Waals surface area contributed by atoms with Crippen LogP contribution in [0.4, 0.5) is 0 Å². The van der Waals surface area contributed by atoms with Gasteiger partial charge in [-0.25, -0.2) is 4.98 Å². The monoisotopic (exact) mass is 208 g/mol. The molecule has 0 aliphatic carbocycles. The van der Waals surface area contributed by atoms with Crippen LogP contribution in [0.1, 0.15) is 13.3 Å². The molecular formula is C9H12N4S. The molecule has 0 amide bonds. The molecule has 1 unspecified atom stereocenters. The summed E-state index contributed by atoms with van der Waals surface area (Å²) in [6.45, 7) is 1.73. The van der Waals surface area contributed by atoms with Crippen molar-refractivity contribution in [3.05, 3.63) is 18.6 Å². The van der Waals surface area contributed by atoms with E-state index in [4.69, 9.17) is 11.0 Å². The Morgan fingerprint density at radius 1 is 1.64 bits per heavy atom. The van der Waals surface area contributed by atoms with Crippen LogP contribution < -0.4 is 5.73 Å². The van der Waals surface area contributed by atoms with E-state index >= 15 is 0 Å². The molecule has 0 spiro atoms. The van der Waals surface area contributed by atoms with Gasteiger partial charge in [-0.15, -0.1) is 11.8 Å². The summed E-state index contributed by atoms with van der Waals surface area (Å²) in [6.07, 6.45) is 5.62. The summed E-state index contributed by atoms with van der Waals surface area (Å²) in [6, 6.07) is 2.06. The molecular weight excluding hydrogens is 196 g/mol. The van der Waals surface area contributed by atoms with Crippen LogP contribution in [-0.2, 0) is 0 Å². The maximum atomic E-state index is 8.68. The molecule has 2 N–H and O–H groups in total. The first-order valence-corrected chi connectivity index (χ1v) is 5.21. The lowest BCUT2D eigenvalue weighted by atomic mass is 10.0. The Labute approximate surface area is 87.6 Å². The van der Waals surface area contributed by atoms with E-state index < -0.39 is 5.54 Å². The molecule has 5 heteroatoms. The van der Waals surface area contributed by atoms with E-state index in [-0.39, 0.29) is 0 Å². The van der Waals surface area contributed by atoms with Gasteiger partial charge in [0.25, 0.3) is 0 Å². The molecule has 1 heterocycles. The highest BCUT2D eigenvalue weighted by atomic mass is 32.2. The van der Waals surface area contributed by atoms with E-state index in [0.29, 0.717) is 6.42 Å². The van der Waals surface area contributed by atoms with Gasteiger partial charge < -0.3 is 5.73 Å². The van der Waals surface area contributed by atoms with Gasteiger partial charge in [0.2, 0.25) is 0 Å². The summed E-state index contributed by atoms with van der Waals surface area (Å²) in [5, 5.41) is 9.54. The first kappa shape index (κ1) is 11.0. The Kier molecular flexibility index (Phi) is 3.86. The van der Waals surface area contributed by atoms with Crippen molar-refractivity contribution in [2.75, 3.05) is 5.75 Å². The zero-order chi connectivity index (χ0) is 10.4. The van der Waals surface area contributed by atoms with Gasteiger partial charge in [0.1, 0.15) is 10.6 Å². The molecule has 0 aliphatic heterocycles. The van der Waals surface area contributed by atoms with Crippen molar-refractivity contribution >= 4 is 11.8 Å². The van der Waals surface area contributed by atoms with Gasteiger partial charge in [-0.05, 0) is 13.3 Å². The second-order valence-corrected chi connectivity index (χ2v) is 4.29. The second-order valence-electron chi connectivity index (χ2n) is 3.17. The fourth-order valence-electron chi connectivity index (χ4n) is 0.783. The van der Waals surface area contributed by atoms with Crippen molar-refractivity contribution in [3.63, 3.8) is 0 Å². The van der Waals surface area contributed by atoms with Crippen molar-refractivity contribution in [2.45, 2.75) is 23.9 Å². The van der Waals surface area contributed by atoms with Crippen molar-refractivity contribution in [2.24, 2.45) is 5.73 Å². The number of thioether (sulfide) groups is 1. The topological polar surface area (TPSA) is 75.6 Å². The highest BCUT2D eigenvalue weighted by Crippen LogP contribution is 2.17. The largest absolute Gasteiger partial charge is 0.314 e. The quantitative estimate of drug-likeness (QED) is 0.752. The predicted molar refractivity (Wildman–Crippen MR) is 55.6 cm³/mol. The Morgan fingerprint density at radius 3 is 3.00 bits per heavy atom. The normalized spacial score (nSPS) is 14.4. The molecule has 0 radical (unpaired) electrons. The van der Waals surface area contributed by atoms with Crippen molar-refractivity contribution in [3.8, 4) is 6.07 Å². The number of aromatic nitrogens is 2. The van der Waals surface area contributed by atoms with Crippen LogP contribution in [0, 0.1) is 11.3 Å². The predicted octanol–water partition coefficient (Wildman–Crippen LogP) is 1.20. The minimum Gasteiger partial charge on any atom is -0.314 e. The van der Waals surface area contributed by atoms with Gasteiger partial charge in [-0.1, -0.05) is 0 Å². The second kappa shape index (κ2) is 4.94. The van der Waals surface area contributed by atoms with Crippen molar-refractivity contribution in [1.29, 1.82) is 5.26 Å². The lowest BCUT2D eigenvalue weighted by Gasteiger charge is -2.13. The van der Waals surface area contributed by atoms with Gasteiger partial charge in [0, 0.05) is 18.1 Å². The summed E-state index contributed by atoms with van der Waals surface area (Å²) in [5.74, 6) is 0.777. The molecule has 0 bridgehead atoms. The van der Waals surface area contributed by atoms with Crippen LogP contribution in [0.3, 0.4) is 0 Å². The molecule has 1 rings (SSSR count). The maximum Gasteiger partial charge on any atom is 0.114 e. The van der Waals surface area contributed by atoms with Crippen molar-refractivity contribution in [1.82, 2.24) is 9.97 Å². The average Bonchev–Trinajstić information content (AvgIpc) is 2.19. The van der Waals surface area contributed by atoms with Crippen LogP contribution in [0.15, 0.2) is 23.6 Å². The number of hydrogen-bond acceptors (Lipinski definition) is 5. The van der Waals surface area contributed by atoms with Crippen LogP contribution in [0.2, 0.25) is 0 Å². The minimum absolute atomic E-state index is 0.644. The summed E-state index contributed by atoms with van der Waals surface area (Å²) in [5.41, 5.74) is 4.93. The molecule has 0 fully saturated rings. The van der Waals surface area contributed by atoms with Crippen LogP contribution >= 0.6 is 11.8 Å². The molecule has 1 aromatic rings. The van der Waals surface area contributed by atoms with Gasteiger partial charge >= 0.3 is 0 Å². The highest BCUT2D eigenvalue weighted by Gasteiger charge is 2.16. The molecule has 0 aromatic carbocycles. The Bertz CT molecular complexity index is 317. The first-order chi connectivity index (χ1) is 6.64. The van der Waals surface area contributed by atoms with Crippen LogP contribution in [0.5, 0.6) is 0 Å². The molecule has 0 saturated carbocycles. The third-order valence-corrected chi connectivity index (χ3v) is 2.58. The fraction of sp³-hybridized carbons (Fsp3) is 0.444. The first-order valence-electron chi connectivity index (χ1n) is 4.23. The molecule has 0 saturated heterocycles. The van der Waals surface area contributed by atoms with E-state index in [2.05, 4.69) is 16.0 Å². The smallest absolute Gasteiger partial charge is 0.114 e. The fourth-order valence-corrected chi connectivity index (χ4v) is 1.79. The third kappa shape index (κ3) is 3.73. The Morgan fingerprint density at radius 2 is 2.43 bits per heavy atom. The summed E-state index contributed by atoms with van der Waals surface area (Å²) in [7, 11) is 0. The van der Waals surface area contributed by atoms with Gasteiger partial charge in [-0.2, -0.15) is 5.26 Å². The lowest BCUT2D eigenvalue weighted by Crippen LogP contribution is -2.34. The van der Waals surface area contributed by atoms with Gasteiger partial charge in [0.15, 0.2) is 0 Å².